The maximum Gasteiger partial charge on any atom is 0.189 e. The topological polar surface area (TPSA) is 55.7 Å². The number of hydrogen-bond donors (Lipinski definition) is 0. The Morgan fingerprint density at radius 2 is 2.20 bits per heavy atom. The van der Waals surface area contributed by atoms with Crippen molar-refractivity contribution in [3.8, 4) is 0 Å². The van der Waals surface area contributed by atoms with Gasteiger partial charge in [0.1, 0.15) is 10.7 Å². The van der Waals surface area contributed by atoms with Crippen LogP contribution in [-0.4, -0.2) is 20.7 Å². The summed E-state index contributed by atoms with van der Waals surface area (Å²) in [5, 5.41) is 2.66. The molecule has 0 amide bonds. The molecule has 0 aliphatic carbocycles. The van der Waals surface area contributed by atoms with Gasteiger partial charge in [-0.2, -0.15) is 0 Å². The molecule has 15 heavy (non-hydrogen) atoms. The molecule has 76 valence electrons. The van der Waals surface area contributed by atoms with Gasteiger partial charge in [0.05, 0.1) is 18.3 Å². The number of aryl methyl sites for hydroxylation is 1. The first-order valence-corrected chi connectivity index (χ1v) is 5.34. The highest BCUT2D eigenvalue weighted by Gasteiger charge is 2.10. The molecule has 0 aliphatic heterocycles. The van der Waals surface area contributed by atoms with E-state index in [-0.39, 0.29) is 5.78 Å². The number of carbonyl (C=O) groups is 1. The Morgan fingerprint density at radius 1 is 1.33 bits per heavy atom. The number of thiazole rings is 1. The van der Waals surface area contributed by atoms with E-state index in [0.29, 0.717) is 12.1 Å². The van der Waals surface area contributed by atoms with Crippen molar-refractivity contribution in [1.29, 1.82) is 0 Å². The predicted octanol–water partition coefficient (Wildman–Crippen LogP) is 1.67. The normalized spacial score (nSPS) is 10.2. The molecule has 4 nitrogen and oxygen atoms in total. The summed E-state index contributed by atoms with van der Waals surface area (Å²) in [7, 11) is 0. The fourth-order valence-electron chi connectivity index (χ4n) is 1.10. The van der Waals surface area contributed by atoms with Crippen molar-refractivity contribution in [2.45, 2.75) is 13.3 Å². The van der Waals surface area contributed by atoms with Crippen molar-refractivity contribution in [2.75, 3.05) is 0 Å². The number of aromatic nitrogens is 3. The number of Topliss-reactive ketones (excluding diaryl/α,β-unsaturated/α-hetero) is 1. The fourth-order valence-corrected chi connectivity index (χ4v) is 1.72. The van der Waals surface area contributed by atoms with Crippen LogP contribution in [-0.2, 0) is 6.42 Å². The van der Waals surface area contributed by atoms with Crippen LogP contribution in [0.3, 0.4) is 0 Å². The third-order valence-corrected chi connectivity index (χ3v) is 2.64. The average molecular weight is 219 g/mol. The lowest BCUT2D eigenvalue weighted by Gasteiger charge is -1.97. The molecule has 2 rings (SSSR count). The highest BCUT2D eigenvalue weighted by molar-refractivity contribution is 7.09. The first-order valence-electron chi connectivity index (χ1n) is 4.46. The Morgan fingerprint density at radius 3 is 2.80 bits per heavy atom. The summed E-state index contributed by atoms with van der Waals surface area (Å²) in [5.74, 6) is -0.0440. The predicted molar refractivity (Wildman–Crippen MR) is 56.9 cm³/mol. The number of nitrogens with zero attached hydrogens (tertiary/aromatic N) is 3. The Hall–Kier alpha value is -1.62. The average Bonchev–Trinajstić information content (AvgIpc) is 2.71. The number of ketones is 1. The van der Waals surface area contributed by atoms with E-state index in [1.165, 1.54) is 17.5 Å². The lowest BCUT2D eigenvalue weighted by molar-refractivity contribution is 0.0988. The molecular weight excluding hydrogens is 210 g/mol. The molecule has 2 aromatic heterocycles. The Labute approximate surface area is 91.0 Å². The lowest BCUT2D eigenvalue weighted by atomic mass is 10.2. The molecule has 5 heteroatoms. The molecule has 0 atom stereocenters. The van der Waals surface area contributed by atoms with Crippen molar-refractivity contribution in [3.63, 3.8) is 0 Å². The van der Waals surface area contributed by atoms with Crippen LogP contribution in [0.4, 0.5) is 0 Å². The van der Waals surface area contributed by atoms with E-state index >= 15 is 0 Å². The largest absolute Gasteiger partial charge is 0.292 e. The minimum Gasteiger partial charge on any atom is -0.292 e. The third kappa shape index (κ3) is 2.44. The second-order valence-corrected chi connectivity index (χ2v) is 4.05. The fraction of sp³-hybridized carbons (Fsp3) is 0.200. The highest BCUT2D eigenvalue weighted by atomic mass is 32.1. The quantitative estimate of drug-likeness (QED) is 0.737. The van der Waals surface area contributed by atoms with Gasteiger partial charge in [0, 0.05) is 17.8 Å². The molecule has 0 radical (unpaired) electrons. The van der Waals surface area contributed by atoms with Crippen LogP contribution in [0.15, 0.2) is 24.0 Å². The number of rotatable bonds is 3. The van der Waals surface area contributed by atoms with Gasteiger partial charge in [-0.1, -0.05) is 0 Å². The molecule has 0 aliphatic rings. The second kappa shape index (κ2) is 4.27. The van der Waals surface area contributed by atoms with Gasteiger partial charge in [0.25, 0.3) is 0 Å². The van der Waals surface area contributed by atoms with Crippen LogP contribution in [0, 0.1) is 6.92 Å². The van der Waals surface area contributed by atoms with Gasteiger partial charge in [-0.25, -0.2) is 9.97 Å². The summed E-state index contributed by atoms with van der Waals surface area (Å²) < 4.78 is 0. The molecule has 2 heterocycles. The van der Waals surface area contributed by atoms with E-state index in [1.807, 2.05) is 12.3 Å². The highest BCUT2D eigenvalue weighted by Crippen LogP contribution is 2.08. The Balaban J connectivity index is 2.11. The summed E-state index contributed by atoms with van der Waals surface area (Å²) >= 11 is 1.47. The van der Waals surface area contributed by atoms with Crippen LogP contribution < -0.4 is 0 Å². The maximum atomic E-state index is 11.7. The van der Waals surface area contributed by atoms with E-state index < -0.39 is 0 Å². The van der Waals surface area contributed by atoms with Gasteiger partial charge < -0.3 is 0 Å². The summed E-state index contributed by atoms with van der Waals surface area (Å²) in [4.78, 5) is 23.8. The van der Waals surface area contributed by atoms with Crippen molar-refractivity contribution in [3.05, 3.63) is 40.4 Å². The molecule has 0 saturated heterocycles. The first-order chi connectivity index (χ1) is 7.25. The molecule has 0 saturated carbocycles. The van der Waals surface area contributed by atoms with E-state index in [0.717, 1.165) is 10.7 Å². The SMILES string of the molecule is Cc1cnc(C(=O)Cc2nccs2)cn1. The standard InChI is InChI=1S/C10H9N3OS/c1-7-5-13-8(6-12-7)9(14)4-10-11-2-3-15-10/h2-3,5-6H,4H2,1H3. The minimum atomic E-state index is -0.0440. The molecule has 0 aromatic carbocycles. The van der Waals surface area contributed by atoms with Crippen molar-refractivity contribution < 1.29 is 4.79 Å². The zero-order valence-corrected chi connectivity index (χ0v) is 8.99. The van der Waals surface area contributed by atoms with Crippen LogP contribution in [0.25, 0.3) is 0 Å². The summed E-state index contributed by atoms with van der Waals surface area (Å²) in [6.07, 6.45) is 5.09. The monoisotopic (exact) mass is 219 g/mol. The van der Waals surface area contributed by atoms with Gasteiger partial charge in [-0.3, -0.25) is 9.78 Å². The van der Waals surface area contributed by atoms with Gasteiger partial charge in [-0.15, -0.1) is 11.3 Å². The van der Waals surface area contributed by atoms with Gasteiger partial charge in [-0.05, 0) is 6.92 Å². The van der Waals surface area contributed by atoms with Gasteiger partial charge in [0.2, 0.25) is 0 Å². The summed E-state index contributed by atoms with van der Waals surface area (Å²) in [6, 6.07) is 0. The third-order valence-electron chi connectivity index (χ3n) is 1.86. The molecule has 0 unspecified atom stereocenters. The summed E-state index contributed by atoms with van der Waals surface area (Å²) in [6.45, 7) is 1.84. The molecule has 0 spiro atoms. The first kappa shape index (κ1) is 9.92. The smallest absolute Gasteiger partial charge is 0.189 e. The van der Waals surface area contributed by atoms with Crippen LogP contribution in [0.5, 0.6) is 0 Å². The van der Waals surface area contributed by atoms with Crippen molar-refractivity contribution in [2.24, 2.45) is 0 Å². The maximum absolute atomic E-state index is 11.7. The number of hydrogen-bond acceptors (Lipinski definition) is 5. The van der Waals surface area contributed by atoms with Crippen LogP contribution in [0.1, 0.15) is 21.2 Å². The minimum absolute atomic E-state index is 0.0440. The van der Waals surface area contributed by atoms with E-state index in [1.54, 1.807) is 12.4 Å². The van der Waals surface area contributed by atoms with E-state index in [2.05, 4.69) is 15.0 Å². The van der Waals surface area contributed by atoms with Gasteiger partial charge >= 0.3 is 0 Å². The van der Waals surface area contributed by atoms with Crippen LogP contribution in [0.2, 0.25) is 0 Å². The molecule has 0 bridgehead atoms. The molecular formula is C10H9N3OS. The van der Waals surface area contributed by atoms with E-state index in [4.69, 9.17) is 0 Å². The van der Waals surface area contributed by atoms with Crippen molar-refractivity contribution >= 4 is 17.1 Å². The Bertz CT molecular complexity index is 450. The molecule has 0 N–H and O–H groups in total. The molecule has 2 aromatic rings. The summed E-state index contributed by atoms with van der Waals surface area (Å²) in [5.41, 5.74) is 1.21. The molecule has 0 fully saturated rings. The zero-order chi connectivity index (χ0) is 10.7. The van der Waals surface area contributed by atoms with Crippen LogP contribution >= 0.6 is 11.3 Å². The second-order valence-electron chi connectivity index (χ2n) is 3.07. The van der Waals surface area contributed by atoms with Crippen molar-refractivity contribution in [1.82, 2.24) is 15.0 Å². The lowest BCUT2D eigenvalue weighted by Crippen LogP contribution is -2.06. The Kier molecular flexibility index (Phi) is 2.82. The van der Waals surface area contributed by atoms with Gasteiger partial charge in [0.15, 0.2) is 5.78 Å². The van der Waals surface area contributed by atoms with E-state index in [9.17, 15) is 4.79 Å². The number of carbonyl (C=O) groups excluding carboxylic acids is 1. The zero-order valence-electron chi connectivity index (χ0n) is 8.17.